The summed E-state index contributed by atoms with van der Waals surface area (Å²) in [5.41, 5.74) is 0.0903. The Hall–Kier alpha value is -3.03. The lowest BCUT2D eigenvalue weighted by Crippen LogP contribution is -2.41. The quantitative estimate of drug-likeness (QED) is 0.744. The summed E-state index contributed by atoms with van der Waals surface area (Å²) in [6.45, 7) is 0.361. The zero-order chi connectivity index (χ0) is 17.3. The molecule has 1 aromatic carbocycles. The molecule has 0 spiro atoms. The lowest BCUT2D eigenvalue weighted by molar-refractivity contribution is -0.306. The average Bonchev–Trinajstić information content (AvgIpc) is 2.72. The number of aliphatic carboxylic acids is 1. The molecule has 122 valence electrons. The first kappa shape index (κ1) is 16.3. The number of phenols is 1. The Kier molecular flexibility index (Phi) is 4.26. The van der Waals surface area contributed by atoms with Gasteiger partial charge in [0.05, 0.1) is 31.2 Å². The van der Waals surface area contributed by atoms with Crippen LogP contribution in [0.2, 0.25) is 0 Å². The fourth-order valence-electron chi connectivity index (χ4n) is 2.53. The topological polar surface area (TPSA) is 127 Å². The molecule has 0 radical (unpaired) electrons. The Bertz CT molecular complexity index is 723. The molecule has 0 saturated heterocycles. The van der Waals surface area contributed by atoms with Crippen molar-refractivity contribution in [1.82, 2.24) is 4.90 Å². The minimum Gasteiger partial charge on any atom is -0.548 e. The van der Waals surface area contributed by atoms with Gasteiger partial charge < -0.3 is 29.8 Å². The molecular weight excluding hydrogens is 306 g/mol. The lowest BCUT2D eigenvalue weighted by atomic mass is 9.96. The normalized spacial score (nSPS) is 17.6. The molecule has 0 bridgehead atoms. The molecule has 1 amide bonds. The van der Waals surface area contributed by atoms with Crippen LogP contribution in [0.5, 0.6) is 11.5 Å². The van der Waals surface area contributed by atoms with E-state index in [0.717, 1.165) is 11.8 Å². The fraction of sp³-hybridized carbons (Fsp3) is 0.267. The molecule has 0 fully saturated rings. The van der Waals surface area contributed by atoms with E-state index in [-0.39, 0.29) is 17.1 Å². The summed E-state index contributed by atoms with van der Waals surface area (Å²) in [7, 11) is 1.32. The lowest BCUT2D eigenvalue weighted by Gasteiger charge is -2.27. The molecule has 8 heteroatoms. The van der Waals surface area contributed by atoms with Crippen LogP contribution in [0.3, 0.4) is 0 Å². The highest BCUT2D eigenvalue weighted by molar-refractivity contribution is 6.08. The highest BCUT2D eigenvalue weighted by Gasteiger charge is 2.42. The third kappa shape index (κ3) is 2.83. The van der Waals surface area contributed by atoms with Crippen molar-refractivity contribution in [2.75, 3.05) is 13.7 Å². The van der Waals surface area contributed by atoms with E-state index in [1.54, 1.807) is 0 Å². The van der Waals surface area contributed by atoms with Crippen molar-refractivity contribution in [3.8, 4) is 11.5 Å². The first-order valence-electron chi connectivity index (χ1n) is 6.59. The molecule has 1 aromatic rings. The summed E-state index contributed by atoms with van der Waals surface area (Å²) in [5.74, 6) is -3.96. The third-order valence-electron chi connectivity index (χ3n) is 3.50. The van der Waals surface area contributed by atoms with Crippen molar-refractivity contribution >= 4 is 17.7 Å². The van der Waals surface area contributed by atoms with Crippen molar-refractivity contribution in [2.45, 2.75) is 13.0 Å². The number of carbonyl (C=O) groups excluding carboxylic acids is 3. The van der Waals surface area contributed by atoms with Crippen LogP contribution in [0.4, 0.5) is 0 Å². The SMILES string of the molecule is COc1cc([C@H]2C(C(C)=O)=C(O)C(=O)N2CC(=O)[O-])ccc1O. The number of aromatic hydroxyl groups is 1. The molecule has 1 heterocycles. The van der Waals surface area contributed by atoms with Gasteiger partial charge in [-0.15, -0.1) is 0 Å². The van der Waals surface area contributed by atoms with Crippen LogP contribution in [0.15, 0.2) is 29.5 Å². The van der Waals surface area contributed by atoms with E-state index in [1.807, 2.05) is 0 Å². The van der Waals surface area contributed by atoms with Crippen molar-refractivity contribution in [3.05, 3.63) is 35.1 Å². The second-order valence-corrected chi connectivity index (χ2v) is 4.96. The van der Waals surface area contributed by atoms with Crippen LogP contribution in [-0.2, 0) is 14.4 Å². The number of amides is 1. The van der Waals surface area contributed by atoms with Gasteiger partial charge in [0.2, 0.25) is 0 Å². The predicted octanol–water partition coefficient (Wildman–Crippen LogP) is -0.565. The zero-order valence-corrected chi connectivity index (χ0v) is 12.4. The van der Waals surface area contributed by atoms with Crippen molar-refractivity contribution in [3.63, 3.8) is 0 Å². The van der Waals surface area contributed by atoms with Gasteiger partial charge in [-0.3, -0.25) is 9.59 Å². The number of ether oxygens (including phenoxy) is 1. The van der Waals surface area contributed by atoms with E-state index in [4.69, 9.17) is 4.74 Å². The van der Waals surface area contributed by atoms with Crippen LogP contribution < -0.4 is 9.84 Å². The van der Waals surface area contributed by atoms with Gasteiger partial charge in [0.25, 0.3) is 5.91 Å². The van der Waals surface area contributed by atoms with Crippen LogP contribution in [0.1, 0.15) is 18.5 Å². The maximum absolute atomic E-state index is 12.1. The van der Waals surface area contributed by atoms with Gasteiger partial charge in [-0.1, -0.05) is 6.07 Å². The summed E-state index contributed by atoms with van der Waals surface area (Å²) < 4.78 is 4.97. The number of carboxylic acids is 1. The maximum atomic E-state index is 12.1. The number of hydrogen-bond donors (Lipinski definition) is 2. The summed E-state index contributed by atoms with van der Waals surface area (Å²) in [4.78, 5) is 35.5. The van der Waals surface area contributed by atoms with E-state index in [2.05, 4.69) is 0 Å². The number of nitrogens with zero attached hydrogens (tertiary/aromatic N) is 1. The van der Waals surface area contributed by atoms with Crippen LogP contribution in [0.25, 0.3) is 0 Å². The molecular formula is C15H14NO7-. The fourth-order valence-corrected chi connectivity index (χ4v) is 2.53. The standard InChI is InChI=1S/C15H15NO7/c1-7(17)12-13(8-3-4-9(18)10(5-8)23-2)16(6-11(19)20)15(22)14(12)21/h3-5,13,18,21H,6H2,1-2H3,(H,19,20)/p-1/t13-/m0/s1. The van der Waals surface area contributed by atoms with E-state index >= 15 is 0 Å². The second kappa shape index (κ2) is 5.99. The predicted molar refractivity (Wildman–Crippen MR) is 74.5 cm³/mol. The van der Waals surface area contributed by atoms with Crippen molar-refractivity contribution < 1.29 is 34.4 Å². The Morgan fingerprint density at radius 2 is 2.00 bits per heavy atom. The maximum Gasteiger partial charge on any atom is 0.290 e. The van der Waals surface area contributed by atoms with E-state index in [0.29, 0.717) is 5.56 Å². The van der Waals surface area contributed by atoms with Crippen molar-refractivity contribution in [2.24, 2.45) is 0 Å². The molecule has 1 aliphatic heterocycles. The van der Waals surface area contributed by atoms with Gasteiger partial charge in [-0.25, -0.2) is 0 Å². The number of benzene rings is 1. The van der Waals surface area contributed by atoms with E-state index in [9.17, 15) is 29.7 Å². The summed E-state index contributed by atoms with van der Waals surface area (Å²) >= 11 is 0. The number of aliphatic hydroxyl groups is 1. The number of hydrogen-bond acceptors (Lipinski definition) is 7. The Morgan fingerprint density at radius 1 is 1.35 bits per heavy atom. The Balaban J connectivity index is 2.59. The second-order valence-electron chi connectivity index (χ2n) is 4.96. The number of Topliss-reactive ketones (excluding diaryl/α,β-unsaturated/α-hetero) is 1. The first-order valence-corrected chi connectivity index (χ1v) is 6.59. The van der Waals surface area contributed by atoms with Gasteiger partial charge in [0, 0.05) is 0 Å². The number of rotatable bonds is 5. The monoisotopic (exact) mass is 320 g/mol. The molecule has 2 N–H and O–H groups in total. The largest absolute Gasteiger partial charge is 0.548 e. The van der Waals surface area contributed by atoms with Crippen LogP contribution in [0, 0.1) is 0 Å². The summed E-state index contributed by atoms with van der Waals surface area (Å²) in [6, 6.07) is 2.94. The van der Waals surface area contributed by atoms with Gasteiger partial charge in [0.15, 0.2) is 23.0 Å². The highest BCUT2D eigenvalue weighted by atomic mass is 16.5. The molecule has 0 saturated carbocycles. The van der Waals surface area contributed by atoms with Gasteiger partial charge in [0.1, 0.15) is 0 Å². The van der Waals surface area contributed by atoms with E-state index in [1.165, 1.54) is 25.3 Å². The molecule has 0 unspecified atom stereocenters. The molecule has 0 aliphatic carbocycles. The van der Waals surface area contributed by atoms with Crippen LogP contribution >= 0.6 is 0 Å². The van der Waals surface area contributed by atoms with Crippen LogP contribution in [-0.4, -0.2) is 46.4 Å². The molecule has 1 atom stereocenters. The highest BCUT2D eigenvalue weighted by Crippen LogP contribution is 2.40. The molecule has 2 rings (SSSR count). The number of ketones is 1. The summed E-state index contributed by atoms with van der Waals surface area (Å²) in [6.07, 6.45) is 0. The third-order valence-corrected chi connectivity index (χ3v) is 3.50. The number of methoxy groups -OCH3 is 1. The smallest absolute Gasteiger partial charge is 0.290 e. The Labute approximate surface area is 131 Å². The molecule has 1 aliphatic rings. The zero-order valence-electron chi connectivity index (χ0n) is 12.4. The van der Waals surface area contributed by atoms with Crippen molar-refractivity contribution in [1.29, 1.82) is 0 Å². The number of carbonyl (C=O) groups is 3. The summed E-state index contributed by atoms with van der Waals surface area (Å²) in [5, 5.41) is 30.4. The molecule has 23 heavy (non-hydrogen) atoms. The van der Waals surface area contributed by atoms with Gasteiger partial charge >= 0.3 is 0 Å². The number of carboxylic acid groups (broad SMARTS) is 1. The molecule has 0 aromatic heterocycles. The minimum absolute atomic E-state index is 0.0811. The average molecular weight is 320 g/mol. The minimum atomic E-state index is -1.54. The number of aliphatic hydroxyl groups excluding tert-OH is 1. The van der Waals surface area contributed by atoms with Gasteiger partial charge in [-0.05, 0) is 24.6 Å². The van der Waals surface area contributed by atoms with Gasteiger partial charge in [-0.2, -0.15) is 0 Å². The van der Waals surface area contributed by atoms with E-state index < -0.39 is 36.0 Å². The number of phenolic OH excluding ortho intramolecular Hbond substituents is 1. The Morgan fingerprint density at radius 3 is 2.52 bits per heavy atom. The first-order chi connectivity index (χ1) is 10.8. The molecule has 8 nitrogen and oxygen atoms in total.